The number of hydrogen-bond donors (Lipinski definition) is 1. The fourth-order valence-corrected chi connectivity index (χ4v) is 4.82. The number of carbonyl (C=O) groups excluding carboxylic acids is 2. The van der Waals surface area contributed by atoms with Gasteiger partial charge in [-0.2, -0.15) is 8.42 Å². The molecule has 0 spiro atoms. The fourth-order valence-electron chi connectivity index (χ4n) is 4.53. The first kappa shape index (κ1) is 25.6. The predicted molar refractivity (Wildman–Crippen MR) is 130 cm³/mol. The highest BCUT2D eigenvalue weighted by Crippen LogP contribution is 2.26. The van der Waals surface area contributed by atoms with Gasteiger partial charge in [0.1, 0.15) is 49.8 Å². The van der Waals surface area contributed by atoms with Gasteiger partial charge in [0, 0.05) is 0 Å². The molecule has 1 N–H and O–H groups in total. The van der Waals surface area contributed by atoms with E-state index in [9.17, 15) is 18.0 Å². The Morgan fingerprint density at radius 1 is 0.903 bits per heavy atom. The molecule has 0 radical (unpaired) electrons. The highest BCUT2D eigenvalue weighted by atomic mass is 32.2. The smallest absolute Gasteiger partial charge is 0.339 e. The van der Waals surface area contributed by atoms with E-state index < -0.39 is 34.4 Å². The maximum atomic E-state index is 13.3. The molecule has 1 aromatic rings. The molecule has 31 heavy (non-hydrogen) atoms. The molecule has 0 aliphatic heterocycles. The molecule has 7 nitrogen and oxygen atoms in total. The van der Waals surface area contributed by atoms with Crippen molar-refractivity contribution in [2.75, 3.05) is 12.4 Å². The van der Waals surface area contributed by atoms with Gasteiger partial charge in [-0.15, -0.1) is 0 Å². The molecule has 12 heteroatoms. The van der Waals surface area contributed by atoms with Gasteiger partial charge >= 0.3 is 11.9 Å². The maximum absolute atomic E-state index is 13.3. The molecular weight excluding hydrogens is 416 g/mol. The molecule has 0 unspecified atom stereocenters. The van der Waals surface area contributed by atoms with E-state index in [0.29, 0.717) is 24.4 Å². The third-order valence-electron chi connectivity index (χ3n) is 5.98. The Morgan fingerprint density at radius 2 is 1.48 bits per heavy atom. The van der Waals surface area contributed by atoms with E-state index in [2.05, 4.69) is 0 Å². The molecule has 0 bridgehead atoms. The summed E-state index contributed by atoms with van der Waals surface area (Å²) < 4.78 is 41.9. The van der Waals surface area contributed by atoms with E-state index in [0.717, 1.165) is 48.8 Å². The van der Waals surface area contributed by atoms with Crippen molar-refractivity contribution < 1.29 is 32.0 Å². The molecular formula is C19H30B4O7S. The van der Waals surface area contributed by atoms with Gasteiger partial charge in [-0.3, -0.25) is 4.55 Å². The van der Waals surface area contributed by atoms with E-state index in [-0.39, 0.29) is 17.2 Å². The van der Waals surface area contributed by atoms with Gasteiger partial charge in [-0.1, -0.05) is 42.0 Å². The molecule has 1 aliphatic rings. The van der Waals surface area contributed by atoms with E-state index in [1.807, 2.05) is 31.4 Å². The zero-order chi connectivity index (χ0) is 23.2. The summed E-state index contributed by atoms with van der Waals surface area (Å²) in [7, 11) is 3.49. The molecule has 1 aromatic carbocycles. The molecule has 0 amide bonds. The normalized spacial score (nSPS) is 14.9. The molecule has 0 saturated heterocycles. The number of benzene rings is 1. The van der Waals surface area contributed by atoms with E-state index in [1.54, 1.807) is 0 Å². The summed E-state index contributed by atoms with van der Waals surface area (Å²) in [6.45, 7) is -0.492. The monoisotopic (exact) mass is 446 g/mol. The van der Waals surface area contributed by atoms with Crippen LogP contribution in [0.5, 0.6) is 0 Å². The minimum atomic E-state index is -4.26. The van der Waals surface area contributed by atoms with Gasteiger partial charge in [-0.05, 0) is 31.2 Å². The van der Waals surface area contributed by atoms with Crippen LogP contribution in [-0.4, -0.2) is 74.8 Å². The van der Waals surface area contributed by atoms with Gasteiger partial charge in [0.25, 0.3) is 10.1 Å². The van der Waals surface area contributed by atoms with Gasteiger partial charge < -0.3 is 9.47 Å². The molecule has 1 fully saturated rings. The zero-order valence-corrected chi connectivity index (χ0v) is 19.8. The third kappa shape index (κ3) is 6.42. The minimum absolute atomic E-state index is 0.158. The Morgan fingerprint density at radius 3 is 2.00 bits per heavy atom. The van der Waals surface area contributed by atoms with Crippen LogP contribution in [0.4, 0.5) is 0 Å². The fraction of sp³-hybridized carbons (Fsp3) is 0.579. The van der Waals surface area contributed by atoms with Crippen molar-refractivity contribution in [3.63, 3.8) is 0 Å². The lowest BCUT2D eigenvalue weighted by atomic mass is 9.70. The standard InChI is InChI=1S/C19H30B4O7S/c20-8-12-13(9-21)15(18(24)29-6-7-31(26,27)28)16(17(23)14(12)10-22)19(25)30-11-4-2-1-3-5-11/h11H,1-10,20-23H2,(H,26,27,28). The third-order valence-corrected chi connectivity index (χ3v) is 6.66. The van der Waals surface area contributed by atoms with Gasteiger partial charge in [-0.25, -0.2) is 9.59 Å². The summed E-state index contributed by atoms with van der Waals surface area (Å²) in [6, 6.07) is 0. The zero-order valence-electron chi connectivity index (χ0n) is 19.0. The Balaban J connectivity index is 2.53. The van der Waals surface area contributed by atoms with Crippen molar-refractivity contribution in [3.8, 4) is 0 Å². The van der Waals surface area contributed by atoms with Gasteiger partial charge in [0.05, 0.1) is 11.1 Å². The summed E-state index contributed by atoms with van der Waals surface area (Å²) >= 11 is 0. The van der Waals surface area contributed by atoms with Gasteiger partial charge in [0.15, 0.2) is 0 Å². The largest absolute Gasteiger partial charge is 0.461 e. The van der Waals surface area contributed by atoms with Crippen LogP contribution in [0.1, 0.15) is 69.5 Å². The second kappa shape index (κ2) is 11.3. The minimum Gasteiger partial charge on any atom is -0.461 e. The number of hydrogen-bond acceptors (Lipinski definition) is 6. The quantitative estimate of drug-likeness (QED) is 0.263. The second-order valence-corrected chi connectivity index (χ2v) is 9.53. The summed E-state index contributed by atoms with van der Waals surface area (Å²) in [4.78, 5) is 26.3. The maximum Gasteiger partial charge on any atom is 0.339 e. The molecule has 1 saturated carbocycles. The lowest BCUT2D eigenvalue weighted by Gasteiger charge is -2.26. The SMILES string of the molecule is BCc1c(B)c(C(=O)OC2CCCCC2)c(C(=O)OCCS(=O)(=O)O)c(CB)c1CB. The van der Waals surface area contributed by atoms with Crippen molar-refractivity contribution >= 4 is 58.9 Å². The van der Waals surface area contributed by atoms with Crippen LogP contribution in [-0.2, 0) is 38.6 Å². The van der Waals surface area contributed by atoms with Crippen LogP contribution >= 0.6 is 0 Å². The number of ether oxygens (including phenoxy) is 2. The average molecular weight is 446 g/mol. The number of rotatable bonds is 9. The first-order chi connectivity index (χ1) is 14.6. The Hall–Kier alpha value is -1.67. The van der Waals surface area contributed by atoms with Crippen LogP contribution < -0.4 is 5.46 Å². The summed E-state index contributed by atoms with van der Waals surface area (Å²) in [5.74, 6) is -2.00. The molecule has 0 heterocycles. The average Bonchev–Trinajstić information content (AvgIpc) is 2.72. The summed E-state index contributed by atoms with van der Waals surface area (Å²) in [6.07, 6.45) is 6.53. The van der Waals surface area contributed by atoms with E-state index in [4.69, 9.17) is 14.0 Å². The van der Waals surface area contributed by atoms with Crippen molar-refractivity contribution in [1.82, 2.24) is 0 Å². The van der Waals surface area contributed by atoms with Crippen LogP contribution in [0.25, 0.3) is 0 Å². The van der Waals surface area contributed by atoms with Crippen molar-refractivity contribution in [2.45, 2.75) is 57.2 Å². The molecule has 0 atom stereocenters. The van der Waals surface area contributed by atoms with Crippen molar-refractivity contribution in [2.24, 2.45) is 0 Å². The number of esters is 2. The van der Waals surface area contributed by atoms with Crippen molar-refractivity contribution in [1.29, 1.82) is 0 Å². The molecule has 1 aliphatic carbocycles. The lowest BCUT2D eigenvalue weighted by molar-refractivity contribution is 0.0205. The summed E-state index contributed by atoms with van der Waals surface area (Å²) in [5, 5.41) is 0. The molecule has 0 aromatic heterocycles. The highest BCUT2D eigenvalue weighted by molar-refractivity contribution is 7.85. The van der Waals surface area contributed by atoms with Crippen LogP contribution in [0, 0.1) is 0 Å². The first-order valence-electron chi connectivity index (χ1n) is 11.1. The second-order valence-electron chi connectivity index (χ2n) is 7.96. The number of carbonyl (C=O) groups is 2. The summed E-state index contributed by atoms with van der Waals surface area (Å²) in [5.41, 5.74) is 3.86. The Kier molecular flexibility index (Phi) is 9.30. The van der Waals surface area contributed by atoms with Crippen LogP contribution in [0.2, 0.25) is 0 Å². The Labute approximate surface area is 188 Å². The van der Waals surface area contributed by atoms with Crippen molar-refractivity contribution in [3.05, 3.63) is 27.8 Å². The Bertz CT molecular complexity index is 928. The topological polar surface area (TPSA) is 107 Å². The molecule has 2 rings (SSSR count). The van der Waals surface area contributed by atoms with Crippen LogP contribution in [0.15, 0.2) is 0 Å². The van der Waals surface area contributed by atoms with E-state index in [1.165, 1.54) is 0 Å². The van der Waals surface area contributed by atoms with Crippen LogP contribution in [0.3, 0.4) is 0 Å². The molecule has 166 valence electrons. The highest BCUT2D eigenvalue weighted by Gasteiger charge is 2.30. The predicted octanol–water partition coefficient (Wildman–Crippen LogP) is -2.12. The van der Waals surface area contributed by atoms with Gasteiger partial charge in [0.2, 0.25) is 0 Å². The first-order valence-corrected chi connectivity index (χ1v) is 12.8. The van der Waals surface area contributed by atoms with E-state index >= 15 is 0 Å². The lowest BCUT2D eigenvalue weighted by Crippen LogP contribution is -2.33.